The van der Waals surface area contributed by atoms with Crippen molar-refractivity contribution in [2.24, 2.45) is 5.73 Å². The first-order chi connectivity index (χ1) is 13.4. The van der Waals surface area contributed by atoms with Crippen molar-refractivity contribution >= 4 is 46.6 Å². The maximum Gasteiger partial charge on any atom is 0.356 e. The highest BCUT2D eigenvalue weighted by Crippen LogP contribution is 2.41. The number of amides is 1. The molecule has 0 radical (unpaired) electrons. The number of aromatic amines is 1. The average Bonchev–Trinajstić information content (AvgIpc) is 3.06. The number of imidazole rings is 1. The van der Waals surface area contributed by atoms with E-state index in [0.29, 0.717) is 18.0 Å². The van der Waals surface area contributed by atoms with Gasteiger partial charge in [0.15, 0.2) is 5.70 Å². The first kappa shape index (κ1) is 18.3. The predicted octanol–water partition coefficient (Wildman–Crippen LogP) is 0.577. The number of nitrogens with zero attached hydrogens (tertiary/aromatic N) is 2. The molecule has 2 aromatic rings. The number of ether oxygens (including phenoxy) is 1. The minimum Gasteiger partial charge on any atom is -0.476 e. The van der Waals surface area contributed by atoms with Crippen molar-refractivity contribution in [1.82, 2.24) is 14.9 Å². The van der Waals surface area contributed by atoms with E-state index in [-0.39, 0.29) is 17.2 Å². The van der Waals surface area contributed by atoms with E-state index < -0.39 is 29.3 Å². The Hall–Kier alpha value is -3.05. The molecule has 2 atom stereocenters. The van der Waals surface area contributed by atoms with Crippen LogP contribution in [0.5, 0.6) is 0 Å². The molecular formula is C17H17N5O5S. The second-order valence-corrected chi connectivity index (χ2v) is 7.45. The van der Waals surface area contributed by atoms with Gasteiger partial charge < -0.3 is 25.9 Å². The first-order valence-corrected chi connectivity index (χ1v) is 9.48. The third-order valence-electron chi connectivity index (χ3n) is 4.48. The van der Waals surface area contributed by atoms with Crippen LogP contribution in [0.4, 0.5) is 5.95 Å². The molecule has 1 amide bonds. The molecule has 3 heterocycles. The van der Waals surface area contributed by atoms with Crippen LogP contribution in [-0.2, 0) is 25.7 Å². The highest BCUT2D eigenvalue weighted by Gasteiger charge is 2.54. The molecule has 0 saturated carbocycles. The molecule has 1 aromatic carbocycles. The van der Waals surface area contributed by atoms with Crippen LogP contribution in [-0.4, -0.2) is 55.0 Å². The second kappa shape index (κ2) is 6.84. The van der Waals surface area contributed by atoms with E-state index in [9.17, 15) is 19.5 Å². The maximum absolute atomic E-state index is 12.6. The number of rotatable bonds is 5. The Kier molecular flexibility index (Phi) is 4.47. The zero-order chi connectivity index (χ0) is 20.0. The Morgan fingerprint density at radius 1 is 1.50 bits per heavy atom. The van der Waals surface area contributed by atoms with Gasteiger partial charge in [0.2, 0.25) is 5.95 Å². The van der Waals surface area contributed by atoms with Crippen molar-refractivity contribution in [1.29, 1.82) is 0 Å². The van der Waals surface area contributed by atoms with Crippen molar-refractivity contribution < 1.29 is 24.2 Å². The lowest BCUT2D eigenvalue weighted by atomic mass is 10.1. The molecule has 1 fully saturated rings. The highest BCUT2D eigenvalue weighted by atomic mass is 32.2. The van der Waals surface area contributed by atoms with Gasteiger partial charge in [0.05, 0.1) is 16.8 Å². The van der Waals surface area contributed by atoms with Crippen molar-refractivity contribution in [3.8, 4) is 0 Å². The van der Waals surface area contributed by atoms with Gasteiger partial charge in [-0.1, -0.05) is 6.07 Å². The maximum atomic E-state index is 12.6. The summed E-state index contributed by atoms with van der Waals surface area (Å²) < 4.78 is 4.98. The number of carbonyl (C=O) groups excluding carboxylic acids is 2. The summed E-state index contributed by atoms with van der Waals surface area (Å²) in [6, 6.07) is 4.96. The van der Waals surface area contributed by atoms with Gasteiger partial charge in [-0.25, -0.2) is 9.78 Å². The molecule has 10 nitrogen and oxygen atoms in total. The third-order valence-corrected chi connectivity index (χ3v) is 5.73. The molecule has 28 heavy (non-hydrogen) atoms. The number of aromatic nitrogens is 2. The van der Waals surface area contributed by atoms with E-state index in [4.69, 9.17) is 10.5 Å². The number of esters is 1. The van der Waals surface area contributed by atoms with Crippen LogP contribution in [0.1, 0.15) is 12.5 Å². The minimum atomic E-state index is -1.31. The number of thioether (sulfide) groups is 1. The summed E-state index contributed by atoms with van der Waals surface area (Å²) in [5, 5.41) is 12.1. The number of benzene rings is 1. The predicted molar refractivity (Wildman–Crippen MR) is 101 cm³/mol. The Bertz CT molecular complexity index is 1030. The lowest BCUT2D eigenvalue weighted by Crippen LogP contribution is -2.67. The molecule has 2 aliphatic rings. The van der Waals surface area contributed by atoms with Gasteiger partial charge in [-0.3, -0.25) is 14.5 Å². The summed E-state index contributed by atoms with van der Waals surface area (Å²) in [5.41, 5.74) is 7.80. The Morgan fingerprint density at radius 3 is 2.96 bits per heavy atom. The Balaban J connectivity index is 1.56. The molecule has 0 bridgehead atoms. The standard InChI is InChI=1S/C17H17N5O5S/c1-7(23)27-11-6-28-15-12(14(24)22(15)13(11)16(25)26)21-17-19-9-3-2-8(5-18)4-10(9)20-17/h2-4,12,15H,5-6,18H2,1H3,(H,25,26)(H2,19,20,21)/t12?,15-/m0/s1. The van der Waals surface area contributed by atoms with Gasteiger partial charge in [-0.05, 0) is 17.7 Å². The SMILES string of the molecule is CC(=O)OC1=C(C(=O)O)N2C(=O)C(Nc3nc4cc(CN)ccc4[nH]3)[C@@H]2SC1. The number of carbonyl (C=O) groups is 3. The molecule has 5 N–H and O–H groups in total. The number of aliphatic carboxylic acids is 1. The van der Waals surface area contributed by atoms with E-state index in [2.05, 4.69) is 15.3 Å². The third kappa shape index (κ3) is 2.98. The van der Waals surface area contributed by atoms with Crippen LogP contribution in [0.2, 0.25) is 0 Å². The molecule has 2 aliphatic heterocycles. The summed E-state index contributed by atoms with van der Waals surface area (Å²) in [7, 11) is 0. The number of nitrogens with two attached hydrogens (primary N) is 1. The van der Waals surface area contributed by atoms with E-state index in [0.717, 1.165) is 16.0 Å². The van der Waals surface area contributed by atoms with E-state index in [1.165, 1.54) is 18.7 Å². The fourth-order valence-electron chi connectivity index (χ4n) is 3.24. The monoisotopic (exact) mass is 403 g/mol. The number of nitrogens with one attached hydrogen (secondary N) is 2. The Morgan fingerprint density at radius 2 is 2.29 bits per heavy atom. The second-order valence-electron chi connectivity index (χ2n) is 6.34. The van der Waals surface area contributed by atoms with Crippen LogP contribution < -0.4 is 11.1 Å². The summed E-state index contributed by atoms with van der Waals surface area (Å²) in [5.74, 6) is -1.81. The fourth-order valence-corrected chi connectivity index (χ4v) is 4.49. The van der Waals surface area contributed by atoms with Crippen molar-refractivity contribution in [3.63, 3.8) is 0 Å². The highest BCUT2D eigenvalue weighted by molar-refractivity contribution is 8.00. The van der Waals surface area contributed by atoms with Crippen molar-refractivity contribution in [2.45, 2.75) is 24.9 Å². The van der Waals surface area contributed by atoms with Gasteiger partial charge >= 0.3 is 11.9 Å². The minimum absolute atomic E-state index is 0.0221. The lowest BCUT2D eigenvalue weighted by Gasteiger charge is -2.48. The summed E-state index contributed by atoms with van der Waals surface area (Å²) in [6.07, 6.45) is 0. The summed E-state index contributed by atoms with van der Waals surface area (Å²) >= 11 is 1.31. The number of carboxylic acid groups (broad SMARTS) is 1. The number of anilines is 1. The van der Waals surface area contributed by atoms with E-state index >= 15 is 0 Å². The zero-order valence-electron chi connectivity index (χ0n) is 14.8. The molecule has 0 aliphatic carbocycles. The quantitative estimate of drug-likeness (QED) is 0.415. The molecule has 1 aromatic heterocycles. The number of H-pyrrole nitrogens is 1. The van der Waals surface area contributed by atoms with Crippen LogP contribution in [0.25, 0.3) is 11.0 Å². The van der Waals surface area contributed by atoms with E-state index in [1.807, 2.05) is 18.2 Å². The van der Waals surface area contributed by atoms with Crippen molar-refractivity contribution in [2.75, 3.05) is 11.1 Å². The number of hydrogen-bond acceptors (Lipinski definition) is 8. The van der Waals surface area contributed by atoms with Gasteiger partial charge in [0, 0.05) is 13.5 Å². The lowest BCUT2D eigenvalue weighted by molar-refractivity contribution is -0.148. The van der Waals surface area contributed by atoms with Gasteiger partial charge in [0.1, 0.15) is 17.2 Å². The molecule has 0 spiro atoms. The van der Waals surface area contributed by atoms with Crippen LogP contribution >= 0.6 is 11.8 Å². The topological polar surface area (TPSA) is 151 Å². The normalized spacial score (nSPS) is 21.4. The Labute approximate surface area is 163 Å². The largest absolute Gasteiger partial charge is 0.476 e. The average molecular weight is 403 g/mol. The summed E-state index contributed by atoms with van der Waals surface area (Å²) in [4.78, 5) is 44.1. The zero-order valence-corrected chi connectivity index (χ0v) is 15.6. The smallest absolute Gasteiger partial charge is 0.356 e. The van der Waals surface area contributed by atoms with Gasteiger partial charge in [-0.2, -0.15) is 0 Å². The van der Waals surface area contributed by atoms with Gasteiger partial charge in [-0.15, -0.1) is 11.8 Å². The molecule has 146 valence electrons. The van der Waals surface area contributed by atoms with Crippen LogP contribution in [0.3, 0.4) is 0 Å². The van der Waals surface area contributed by atoms with E-state index in [1.54, 1.807) is 0 Å². The molecule has 11 heteroatoms. The van der Waals surface area contributed by atoms with Crippen molar-refractivity contribution in [3.05, 3.63) is 35.2 Å². The number of carboxylic acids is 1. The first-order valence-electron chi connectivity index (χ1n) is 8.44. The number of hydrogen-bond donors (Lipinski definition) is 4. The fraction of sp³-hybridized carbons (Fsp3) is 0.294. The number of fused-ring (bicyclic) bond motifs is 2. The molecule has 1 unspecified atom stereocenters. The van der Waals surface area contributed by atoms with Gasteiger partial charge in [0.25, 0.3) is 5.91 Å². The molecule has 4 rings (SSSR count). The molecular weight excluding hydrogens is 386 g/mol. The van der Waals surface area contributed by atoms with Crippen LogP contribution in [0.15, 0.2) is 29.7 Å². The number of β-lactam (4-membered cyclic amide) rings is 1. The van der Waals surface area contributed by atoms with Crippen LogP contribution in [0, 0.1) is 0 Å². The molecule has 1 saturated heterocycles. The summed E-state index contributed by atoms with van der Waals surface area (Å²) in [6.45, 7) is 1.58.